The van der Waals surface area contributed by atoms with E-state index in [0.717, 1.165) is 0 Å². The van der Waals surface area contributed by atoms with E-state index in [2.05, 4.69) is 31.3 Å². The summed E-state index contributed by atoms with van der Waals surface area (Å²) in [6, 6.07) is 4.60. The number of anilines is 1. The van der Waals surface area contributed by atoms with Gasteiger partial charge in [0.2, 0.25) is 0 Å². The zero-order chi connectivity index (χ0) is 12.1. The number of nitrogens with zero attached hydrogens (tertiary/aromatic N) is 2. The van der Waals surface area contributed by atoms with E-state index in [0.29, 0.717) is 10.3 Å². The molecule has 5 heteroatoms. The van der Waals surface area contributed by atoms with Crippen LogP contribution in [0.3, 0.4) is 0 Å². The molecule has 0 amide bonds. The van der Waals surface area contributed by atoms with Gasteiger partial charge in [-0.1, -0.05) is 36.3 Å². The number of hydrogen-bond donors (Lipinski definition) is 1. The third-order valence-corrected chi connectivity index (χ3v) is 2.35. The maximum Gasteiger partial charge on any atom is 0.273 e. The van der Waals surface area contributed by atoms with Gasteiger partial charge in [0.15, 0.2) is 5.82 Å². The first-order valence-electron chi connectivity index (χ1n) is 4.70. The van der Waals surface area contributed by atoms with Gasteiger partial charge in [0, 0.05) is 10.4 Å². The minimum atomic E-state index is -0.411. The van der Waals surface area contributed by atoms with Crippen LogP contribution in [0.1, 0.15) is 13.8 Å². The van der Waals surface area contributed by atoms with Gasteiger partial charge in [0.25, 0.3) is 5.84 Å². The van der Waals surface area contributed by atoms with E-state index < -0.39 is 5.82 Å². The van der Waals surface area contributed by atoms with Crippen LogP contribution in [0.15, 0.2) is 27.8 Å². The highest BCUT2D eigenvalue weighted by Gasteiger charge is 2.07. The van der Waals surface area contributed by atoms with Crippen LogP contribution in [0, 0.1) is 18.3 Å². The standard InChI is InChI=1S/C11H11BrFN3/c1-7(2)11(14-3)16-15-10-5-4-8(12)6-9(10)13/h4-7,15H,1-2H3/b16-11-. The van der Waals surface area contributed by atoms with Crippen molar-refractivity contribution in [3.05, 3.63) is 39.9 Å². The van der Waals surface area contributed by atoms with E-state index in [9.17, 15) is 4.39 Å². The van der Waals surface area contributed by atoms with Crippen molar-refractivity contribution in [2.45, 2.75) is 13.8 Å². The van der Waals surface area contributed by atoms with Crippen molar-refractivity contribution in [2.24, 2.45) is 11.0 Å². The molecular weight excluding hydrogens is 273 g/mol. The van der Waals surface area contributed by atoms with E-state index in [1.165, 1.54) is 6.07 Å². The Morgan fingerprint density at radius 2 is 2.25 bits per heavy atom. The van der Waals surface area contributed by atoms with Crippen LogP contribution in [0.2, 0.25) is 0 Å². The van der Waals surface area contributed by atoms with Crippen LogP contribution in [0.4, 0.5) is 10.1 Å². The summed E-state index contributed by atoms with van der Waals surface area (Å²) in [7, 11) is 0. The molecule has 0 aliphatic rings. The molecule has 0 heterocycles. The Balaban J connectivity index is 2.86. The molecule has 0 fully saturated rings. The van der Waals surface area contributed by atoms with Crippen LogP contribution in [0.5, 0.6) is 0 Å². The molecule has 1 rings (SSSR count). The Hall–Kier alpha value is -1.41. The maximum atomic E-state index is 13.4. The van der Waals surface area contributed by atoms with Gasteiger partial charge in [-0.15, -0.1) is 0 Å². The summed E-state index contributed by atoms with van der Waals surface area (Å²) in [6.07, 6.45) is 0. The lowest BCUT2D eigenvalue weighted by Gasteiger charge is -2.02. The van der Waals surface area contributed by atoms with E-state index in [4.69, 9.17) is 6.57 Å². The Morgan fingerprint density at radius 3 is 2.75 bits per heavy atom. The number of hydrazone groups is 1. The molecule has 0 aromatic heterocycles. The Kier molecular flexibility index (Phi) is 4.44. The lowest BCUT2D eigenvalue weighted by atomic mass is 10.2. The number of amidine groups is 1. The average Bonchev–Trinajstić information content (AvgIpc) is 2.21. The van der Waals surface area contributed by atoms with Gasteiger partial charge in [-0.3, -0.25) is 0 Å². The Labute approximate surface area is 102 Å². The number of halogens is 2. The first-order valence-corrected chi connectivity index (χ1v) is 5.50. The summed E-state index contributed by atoms with van der Waals surface area (Å²) >= 11 is 3.16. The van der Waals surface area contributed by atoms with E-state index in [1.54, 1.807) is 12.1 Å². The lowest BCUT2D eigenvalue weighted by Crippen LogP contribution is -2.05. The van der Waals surface area contributed by atoms with Gasteiger partial charge in [-0.05, 0) is 23.3 Å². The fourth-order valence-corrected chi connectivity index (χ4v) is 1.31. The second-order valence-corrected chi connectivity index (χ2v) is 4.39. The molecule has 1 aromatic rings. The third-order valence-electron chi connectivity index (χ3n) is 1.85. The van der Waals surface area contributed by atoms with Crippen molar-refractivity contribution in [3.8, 4) is 0 Å². The molecular formula is C11H11BrFN3. The second kappa shape index (κ2) is 5.61. The Morgan fingerprint density at radius 1 is 1.56 bits per heavy atom. The van der Waals surface area contributed by atoms with Crippen molar-refractivity contribution in [3.63, 3.8) is 0 Å². The predicted molar refractivity (Wildman–Crippen MR) is 66.6 cm³/mol. The third kappa shape index (κ3) is 3.31. The number of nitrogens with one attached hydrogen (secondary N) is 1. The molecule has 84 valence electrons. The molecule has 0 bridgehead atoms. The predicted octanol–water partition coefficient (Wildman–Crippen LogP) is 3.89. The number of rotatable bonds is 3. The van der Waals surface area contributed by atoms with Crippen LogP contribution in [-0.4, -0.2) is 5.84 Å². The minimum absolute atomic E-state index is 0.0171. The molecule has 0 radical (unpaired) electrons. The maximum absolute atomic E-state index is 13.4. The molecule has 16 heavy (non-hydrogen) atoms. The highest BCUT2D eigenvalue weighted by molar-refractivity contribution is 9.10. The monoisotopic (exact) mass is 283 g/mol. The molecule has 0 saturated heterocycles. The van der Waals surface area contributed by atoms with Gasteiger partial charge in [-0.25, -0.2) is 9.82 Å². The van der Waals surface area contributed by atoms with Crippen LogP contribution >= 0.6 is 15.9 Å². The van der Waals surface area contributed by atoms with Gasteiger partial charge in [0.1, 0.15) is 5.69 Å². The molecule has 0 atom stereocenters. The molecule has 0 spiro atoms. The van der Waals surface area contributed by atoms with Gasteiger partial charge in [-0.2, -0.15) is 0 Å². The first kappa shape index (κ1) is 12.7. The van der Waals surface area contributed by atoms with Crippen molar-refractivity contribution in [1.82, 2.24) is 0 Å². The summed E-state index contributed by atoms with van der Waals surface area (Å²) in [4.78, 5) is 3.26. The summed E-state index contributed by atoms with van der Waals surface area (Å²) in [6.45, 7) is 10.6. The molecule has 0 aliphatic carbocycles. The smallest absolute Gasteiger partial charge is 0.273 e. The quantitative estimate of drug-likeness (QED) is 0.388. The number of benzene rings is 1. The fourth-order valence-electron chi connectivity index (χ4n) is 0.981. The second-order valence-electron chi connectivity index (χ2n) is 3.47. The zero-order valence-electron chi connectivity index (χ0n) is 8.96. The van der Waals surface area contributed by atoms with E-state index in [1.807, 2.05) is 13.8 Å². The Bertz CT molecular complexity index is 449. The van der Waals surface area contributed by atoms with Gasteiger partial charge >= 0.3 is 0 Å². The highest BCUT2D eigenvalue weighted by Crippen LogP contribution is 2.19. The number of hydrogen-bond acceptors (Lipinski definition) is 2. The fraction of sp³-hybridized carbons (Fsp3) is 0.273. The van der Waals surface area contributed by atoms with Crippen LogP contribution in [-0.2, 0) is 0 Å². The van der Waals surface area contributed by atoms with Crippen molar-refractivity contribution >= 4 is 27.5 Å². The first-order chi connectivity index (χ1) is 7.54. The molecule has 1 aromatic carbocycles. The molecule has 3 nitrogen and oxygen atoms in total. The van der Waals surface area contributed by atoms with E-state index >= 15 is 0 Å². The summed E-state index contributed by atoms with van der Waals surface area (Å²) in [5.41, 5.74) is 2.81. The zero-order valence-corrected chi connectivity index (χ0v) is 10.5. The molecule has 0 saturated carbocycles. The van der Waals surface area contributed by atoms with E-state index in [-0.39, 0.29) is 11.6 Å². The van der Waals surface area contributed by atoms with Crippen LogP contribution < -0.4 is 5.43 Å². The molecule has 1 N–H and O–H groups in total. The molecule has 0 unspecified atom stereocenters. The van der Waals surface area contributed by atoms with Gasteiger partial charge in [0.05, 0.1) is 0 Å². The largest absolute Gasteiger partial charge is 0.362 e. The summed E-state index contributed by atoms with van der Waals surface area (Å²) in [5, 5.41) is 3.86. The van der Waals surface area contributed by atoms with Crippen LogP contribution in [0.25, 0.3) is 4.85 Å². The summed E-state index contributed by atoms with van der Waals surface area (Å²) in [5.74, 6) is -0.0722. The normalized spacial score (nSPS) is 11.4. The summed E-state index contributed by atoms with van der Waals surface area (Å²) < 4.78 is 14.0. The van der Waals surface area contributed by atoms with Crippen molar-refractivity contribution in [2.75, 3.05) is 5.43 Å². The molecule has 0 aliphatic heterocycles. The van der Waals surface area contributed by atoms with Crippen molar-refractivity contribution < 1.29 is 4.39 Å². The lowest BCUT2D eigenvalue weighted by molar-refractivity contribution is 0.630. The SMILES string of the molecule is [C-]#[N+]/C(=N\Nc1ccc(Br)cc1F)C(C)C. The topological polar surface area (TPSA) is 28.8 Å². The highest BCUT2D eigenvalue weighted by atomic mass is 79.9. The van der Waals surface area contributed by atoms with Gasteiger partial charge < -0.3 is 4.85 Å². The average molecular weight is 284 g/mol. The minimum Gasteiger partial charge on any atom is -0.362 e. The van der Waals surface area contributed by atoms with Crippen molar-refractivity contribution in [1.29, 1.82) is 0 Å².